The van der Waals surface area contributed by atoms with Gasteiger partial charge in [-0.3, -0.25) is 4.68 Å². The second-order valence-electron chi connectivity index (χ2n) is 4.43. The molecule has 2 heterocycles. The van der Waals surface area contributed by atoms with Crippen molar-refractivity contribution in [3.05, 3.63) is 40.0 Å². The molecule has 4 nitrogen and oxygen atoms in total. The van der Waals surface area contributed by atoms with E-state index in [9.17, 15) is 5.11 Å². The van der Waals surface area contributed by atoms with Crippen molar-refractivity contribution >= 4 is 15.9 Å². The third kappa shape index (κ3) is 2.30. The van der Waals surface area contributed by atoms with Gasteiger partial charge < -0.3 is 9.52 Å². The first-order chi connectivity index (χ1) is 7.92. The average molecular weight is 299 g/mol. The molecule has 2 aromatic heterocycles. The number of aliphatic hydroxyl groups is 1. The highest BCUT2D eigenvalue weighted by molar-refractivity contribution is 9.10. The third-order valence-corrected chi connectivity index (χ3v) is 3.95. The molecule has 1 unspecified atom stereocenters. The quantitative estimate of drug-likeness (QED) is 0.947. The number of furan rings is 1. The van der Waals surface area contributed by atoms with Crippen LogP contribution in [0.4, 0.5) is 0 Å². The number of aromatic nitrogens is 2. The van der Waals surface area contributed by atoms with E-state index >= 15 is 0 Å². The van der Waals surface area contributed by atoms with Crippen molar-refractivity contribution in [1.29, 1.82) is 0 Å². The van der Waals surface area contributed by atoms with Gasteiger partial charge in [-0.1, -0.05) is 0 Å². The minimum atomic E-state index is -0.963. The Kier molecular flexibility index (Phi) is 3.14. The molecular formula is C12H15BrN2O2. The summed E-state index contributed by atoms with van der Waals surface area (Å²) < 4.78 is 7.74. The largest absolute Gasteiger partial charge is 0.472 e. The standard InChI is InChI=1S/C12H15BrN2O2/c1-8-11(13)10(15(3)14-8)6-12(2,16)9-4-5-17-7-9/h4-5,7,16H,6H2,1-3H3. The zero-order chi connectivity index (χ0) is 12.6. The van der Waals surface area contributed by atoms with Crippen LogP contribution < -0.4 is 0 Å². The lowest BCUT2D eigenvalue weighted by molar-refractivity contribution is 0.0548. The summed E-state index contributed by atoms with van der Waals surface area (Å²) in [6.45, 7) is 3.70. The minimum Gasteiger partial charge on any atom is -0.472 e. The van der Waals surface area contributed by atoms with Gasteiger partial charge in [0.05, 0.1) is 34.0 Å². The first-order valence-corrected chi connectivity index (χ1v) is 6.14. The van der Waals surface area contributed by atoms with Crippen LogP contribution in [0.5, 0.6) is 0 Å². The second-order valence-corrected chi connectivity index (χ2v) is 5.23. The van der Waals surface area contributed by atoms with E-state index in [0.717, 1.165) is 21.4 Å². The van der Waals surface area contributed by atoms with Gasteiger partial charge in [-0.15, -0.1) is 0 Å². The number of rotatable bonds is 3. The van der Waals surface area contributed by atoms with Crippen LogP contribution >= 0.6 is 15.9 Å². The predicted octanol–water partition coefficient (Wildman–Crippen LogP) is 2.53. The molecule has 0 bridgehead atoms. The molecule has 92 valence electrons. The van der Waals surface area contributed by atoms with E-state index in [1.807, 2.05) is 14.0 Å². The highest BCUT2D eigenvalue weighted by Crippen LogP contribution is 2.30. The van der Waals surface area contributed by atoms with Gasteiger partial charge in [0.2, 0.25) is 0 Å². The molecule has 1 N–H and O–H groups in total. The van der Waals surface area contributed by atoms with Crippen LogP contribution in [0.15, 0.2) is 27.5 Å². The van der Waals surface area contributed by atoms with E-state index in [1.165, 1.54) is 0 Å². The van der Waals surface area contributed by atoms with E-state index in [-0.39, 0.29) is 0 Å². The lowest BCUT2D eigenvalue weighted by Gasteiger charge is -2.22. The van der Waals surface area contributed by atoms with Crippen molar-refractivity contribution in [2.24, 2.45) is 7.05 Å². The molecule has 2 rings (SSSR count). The van der Waals surface area contributed by atoms with Crippen LogP contribution in [0.3, 0.4) is 0 Å². The maximum Gasteiger partial charge on any atom is 0.0963 e. The molecule has 0 aromatic carbocycles. The normalized spacial score (nSPS) is 14.9. The summed E-state index contributed by atoms with van der Waals surface area (Å²) in [5.41, 5.74) is 1.69. The Hall–Kier alpha value is -1.07. The topological polar surface area (TPSA) is 51.2 Å². The van der Waals surface area contributed by atoms with E-state index < -0.39 is 5.60 Å². The van der Waals surface area contributed by atoms with E-state index in [2.05, 4.69) is 21.0 Å². The summed E-state index contributed by atoms with van der Waals surface area (Å²) in [5.74, 6) is 0. The van der Waals surface area contributed by atoms with E-state index in [0.29, 0.717) is 6.42 Å². The molecule has 5 heteroatoms. The summed E-state index contributed by atoms with van der Waals surface area (Å²) in [6.07, 6.45) is 3.61. The molecule has 0 aliphatic rings. The summed E-state index contributed by atoms with van der Waals surface area (Å²) in [6, 6.07) is 1.77. The van der Waals surface area contributed by atoms with Crippen molar-refractivity contribution in [1.82, 2.24) is 9.78 Å². The maximum absolute atomic E-state index is 10.5. The Morgan fingerprint density at radius 3 is 2.76 bits per heavy atom. The Labute approximate surface area is 108 Å². The highest BCUT2D eigenvalue weighted by atomic mass is 79.9. The van der Waals surface area contributed by atoms with Gasteiger partial charge >= 0.3 is 0 Å². The first kappa shape index (κ1) is 12.4. The number of hydrogen-bond acceptors (Lipinski definition) is 3. The van der Waals surface area contributed by atoms with Crippen molar-refractivity contribution in [2.45, 2.75) is 25.9 Å². The van der Waals surface area contributed by atoms with Gasteiger partial charge in [0.1, 0.15) is 0 Å². The van der Waals surface area contributed by atoms with Crippen molar-refractivity contribution in [3.63, 3.8) is 0 Å². The second kappa shape index (κ2) is 4.31. The summed E-state index contributed by atoms with van der Waals surface area (Å²) >= 11 is 3.50. The van der Waals surface area contributed by atoms with Gasteiger partial charge in [-0.25, -0.2) is 0 Å². The van der Waals surface area contributed by atoms with Gasteiger partial charge in [0, 0.05) is 19.0 Å². The average Bonchev–Trinajstić information content (AvgIpc) is 2.84. The zero-order valence-corrected chi connectivity index (χ0v) is 11.7. The van der Waals surface area contributed by atoms with Gasteiger partial charge in [-0.2, -0.15) is 5.10 Å². The number of hydrogen-bond donors (Lipinski definition) is 1. The van der Waals surface area contributed by atoms with Crippen LogP contribution in [0, 0.1) is 6.92 Å². The van der Waals surface area contributed by atoms with Crippen LogP contribution in [0.1, 0.15) is 23.9 Å². The van der Waals surface area contributed by atoms with Crippen molar-refractivity contribution < 1.29 is 9.52 Å². The first-order valence-electron chi connectivity index (χ1n) is 5.35. The smallest absolute Gasteiger partial charge is 0.0963 e. The molecule has 2 aromatic rings. The van der Waals surface area contributed by atoms with Crippen molar-refractivity contribution in [3.8, 4) is 0 Å². The molecule has 0 saturated carbocycles. The summed E-state index contributed by atoms with van der Waals surface area (Å²) in [5, 5.41) is 14.8. The fraction of sp³-hybridized carbons (Fsp3) is 0.417. The fourth-order valence-electron chi connectivity index (χ4n) is 1.87. The molecular weight excluding hydrogens is 284 g/mol. The van der Waals surface area contributed by atoms with Gasteiger partial charge in [0.15, 0.2) is 0 Å². The maximum atomic E-state index is 10.5. The van der Waals surface area contributed by atoms with E-state index in [4.69, 9.17) is 4.42 Å². The molecule has 0 spiro atoms. The molecule has 0 amide bonds. The lowest BCUT2D eigenvalue weighted by Crippen LogP contribution is -2.25. The van der Waals surface area contributed by atoms with Crippen LogP contribution in [0.2, 0.25) is 0 Å². The Bertz CT molecular complexity index is 515. The SMILES string of the molecule is Cc1nn(C)c(CC(C)(O)c2ccoc2)c1Br. The number of aryl methyl sites for hydroxylation is 2. The Morgan fingerprint density at radius 1 is 1.59 bits per heavy atom. The molecule has 0 saturated heterocycles. The summed E-state index contributed by atoms with van der Waals surface area (Å²) in [7, 11) is 1.87. The predicted molar refractivity (Wildman–Crippen MR) is 67.6 cm³/mol. The molecule has 17 heavy (non-hydrogen) atoms. The molecule has 0 aliphatic heterocycles. The lowest BCUT2D eigenvalue weighted by atomic mass is 9.93. The Morgan fingerprint density at radius 2 is 2.29 bits per heavy atom. The molecule has 0 fully saturated rings. The minimum absolute atomic E-state index is 0.477. The number of nitrogens with zero attached hydrogens (tertiary/aromatic N) is 2. The molecule has 1 atom stereocenters. The summed E-state index contributed by atoms with van der Waals surface area (Å²) in [4.78, 5) is 0. The van der Waals surface area contributed by atoms with Crippen LogP contribution in [-0.4, -0.2) is 14.9 Å². The van der Waals surface area contributed by atoms with Gasteiger partial charge in [0.25, 0.3) is 0 Å². The third-order valence-electron chi connectivity index (χ3n) is 2.92. The van der Waals surface area contributed by atoms with Crippen LogP contribution in [0.25, 0.3) is 0 Å². The molecule has 0 radical (unpaired) electrons. The monoisotopic (exact) mass is 298 g/mol. The molecule has 0 aliphatic carbocycles. The highest BCUT2D eigenvalue weighted by Gasteiger charge is 2.28. The van der Waals surface area contributed by atoms with Gasteiger partial charge in [-0.05, 0) is 35.8 Å². The van der Waals surface area contributed by atoms with Crippen molar-refractivity contribution in [2.75, 3.05) is 0 Å². The zero-order valence-electron chi connectivity index (χ0n) is 10.1. The van der Waals surface area contributed by atoms with Crippen LogP contribution in [-0.2, 0) is 19.1 Å². The van der Waals surface area contributed by atoms with E-state index in [1.54, 1.807) is 30.2 Å². The number of halogens is 1. The Balaban J connectivity index is 2.32. The fourth-order valence-corrected chi connectivity index (χ4v) is 2.35.